The second-order valence-corrected chi connectivity index (χ2v) is 4.09. The quantitative estimate of drug-likeness (QED) is 0.713. The van der Waals surface area contributed by atoms with Crippen LogP contribution in [0.2, 0.25) is 0 Å². The predicted molar refractivity (Wildman–Crippen MR) is 72.7 cm³/mol. The van der Waals surface area contributed by atoms with Gasteiger partial charge in [0.1, 0.15) is 5.75 Å². The molecular weight excluding hydrogens is 228 g/mol. The molecule has 0 atom stereocenters. The lowest BCUT2D eigenvalue weighted by Gasteiger charge is -2.08. The highest BCUT2D eigenvalue weighted by Crippen LogP contribution is 2.19. The van der Waals surface area contributed by atoms with Gasteiger partial charge in [-0.15, -0.1) is 0 Å². The first-order valence-electron chi connectivity index (χ1n) is 6.30. The number of unbranched alkanes of at least 4 members (excludes halogenated alkanes) is 2. The Morgan fingerprint density at radius 2 is 2.06 bits per heavy atom. The SMILES string of the molecule is CC=Cc1ccccc1OCCCCCC(=O)O. The first-order valence-corrected chi connectivity index (χ1v) is 6.30. The number of aliphatic carboxylic acids is 1. The third kappa shape index (κ3) is 5.53. The van der Waals surface area contributed by atoms with Crippen LogP contribution in [0.25, 0.3) is 6.08 Å². The van der Waals surface area contributed by atoms with Crippen LogP contribution in [-0.4, -0.2) is 17.7 Å². The average Bonchev–Trinajstić information content (AvgIpc) is 2.35. The Labute approximate surface area is 108 Å². The van der Waals surface area contributed by atoms with Crippen molar-refractivity contribution < 1.29 is 14.6 Å². The van der Waals surface area contributed by atoms with Gasteiger partial charge in [-0.2, -0.15) is 0 Å². The largest absolute Gasteiger partial charge is 0.493 e. The molecule has 0 fully saturated rings. The highest BCUT2D eigenvalue weighted by atomic mass is 16.5. The molecule has 1 rings (SSSR count). The van der Waals surface area contributed by atoms with Crippen LogP contribution < -0.4 is 4.74 Å². The van der Waals surface area contributed by atoms with Gasteiger partial charge in [0.2, 0.25) is 0 Å². The number of carboxylic acids is 1. The van der Waals surface area contributed by atoms with Crippen molar-refractivity contribution >= 4 is 12.0 Å². The standard InChI is InChI=1S/C15H20O3/c1-2-8-13-9-5-6-10-14(13)18-12-7-3-4-11-15(16)17/h2,5-6,8-10H,3-4,7,11-12H2,1H3,(H,16,17). The molecule has 18 heavy (non-hydrogen) atoms. The van der Waals surface area contributed by atoms with E-state index in [0.29, 0.717) is 6.61 Å². The van der Waals surface area contributed by atoms with Crippen LogP contribution in [0.5, 0.6) is 5.75 Å². The van der Waals surface area contributed by atoms with Crippen molar-refractivity contribution in [2.45, 2.75) is 32.6 Å². The monoisotopic (exact) mass is 248 g/mol. The fourth-order valence-corrected chi connectivity index (χ4v) is 1.67. The van der Waals surface area contributed by atoms with Crippen LogP contribution >= 0.6 is 0 Å². The average molecular weight is 248 g/mol. The third-order valence-electron chi connectivity index (χ3n) is 2.56. The van der Waals surface area contributed by atoms with Crippen molar-refractivity contribution in [1.29, 1.82) is 0 Å². The van der Waals surface area contributed by atoms with Crippen LogP contribution in [0, 0.1) is 0 Å². The smallest absolute Gasteiger partial charge is 0.303 e. The predicted octanol–water partition coefficient (Wildman–Crippen LogP) is 3.74. The summed E-state index contributed by atoms with van der Waals surface area (Å²) in [5.41, 5.74) is 1.07. The number of carboxylic acid groups (broad SMARTS) is 1. The molecule has 0 amide bonds. The lowest BCUT2D eigenvalue weighted by atomic mass is 10.2. The molecule has 0 aromatic heterocycles. The molecule has 98 valence electrons. The zero-order valence-corrected chi connectivity index (χ0v) is 10.8. The number of benzene rings is 1. The molecule has 0 aliphatic rings. The molecule has 0 radical (unpaired) electrons. The van der Waals surface area contributed by atoms with Crippen LogP contribution in [-0.2, 0) is 4.79 Å². The van der Waals surface area contributed by atoms with Crippen LogP contribution in [0.15, 0.2) is 30.3 Å². The maximum atomic E-state index is 10.3. The van der Waals surface area contributed by atoms with E-state index in [9.17, 15) is 4.79 Å². The fourth-order valence-electron chi connectivity index (χ4n) is 1.67. The minimum atomic E-state index is -0.727. The highest BCUT2D eigenvalue weighted by Gasteiger charge is 2.00. The van der Waals surface area contributed by atoms with Gasteiger partial charge in [-0.25, -0.2) is 0 Å². The summed E-state index contributed by atoms with van der Waals surface area (Å²) >= 11 is 0. The summed E-state index contributed by atoms with van der Waals surface area (Å²) in [5, 5.41) is 8.50. The molecule has 3 nitrogen and oxygen atoms in total. The summed E-state index contributed by atoms with van der Waals surface area (Å²) < 4.78 is 5.70. The van der Waals surface area contributed by atoms with Gasteiger partial charge in [0.05, 0.1) is 6.61 Å². The summed E-state index contributed by atoms with van der Waals surface area (Å²) in [4.78, 5) is 10.3. The Morgan fingerprint density at radius 1 is 1.28 bits per heavy atom. The van der Waals surface area contributed by atoms with E-state index in [2.05, 4.69) is 0 Å². The number of rotatable bonds is 8. The minimum absolute atomic E-state index is 0.245. The number of hydrogen-bond acceptors (Lipinski definition) is 2. The first kappa shape index (κ1) is 14.3. The van der Waals surface area contributed by atoms with Crippen molar-refractivity contribution in [2.75, 3.05) is 6.61 Å². The maximum absolute atomic E-state index is 10.3. The van der Waals surface area contributed by atoms with Crippen LogP contribution in [0.1, 0.15) is 38.2 Å². The first-order chi connectivity index (χ1) is 8.74. The summed E-state index contributed by atoms with van der Waals surface area (Å²) in [7, 11) is 0. The van der Waals surface area contributed by atoms with Gasteiger partial charge >= 0.3 is 5.97 Å². The van der Waals surface area contributed by atoms with Crippen molar-refractivity contribution in [3.05, 3.63) is 35.9 Å². The summed E-state index contributed by atoms with van der Waals surface area (Å²) in [6, 6.07) is 7.90. The lowest BCUT2D eigenvalue weighted by molar-refractivity contribution is -0.137. The van der Waals surface area contributed by atoms with E-state index in [-0.39, 0.29) is 6.42 Å². The van der Waals surface area contributed by atoms with E-state index in [1.165, 1.54) is 0 Å². The summed E-state index contributed by atoms with van der Waals surface area (Å²) in [6.45, 7) is 2.61. The van der Waals surface area contributed by atoms with E-state index >= 15 is 0 Å². The molecule has 0 spiro atoms. The molecule has 3 heteroatoms. The van der Waals surface area contributed by atoms with Crippen LogP contribution in [0.3, 0.4) is 0 Å². The molecule has 0 heterocycles. The van der Waals surface area contributed by atoms with Gasteiger partial charge < -0.3 is 9.84 Å². The fraction of sp³-hybridized carbons (Fsp3) is 0.400. The Bertz CT molecular complexity index is 396. The normalized spacial score (nSPS) is 10.7. The number of para-hydroxylation sites is 1. The van der Waals surface area contributed by atoms with Gasteiger partial charge in [-0.3, -0.25) is 4.79 Å². The van der Waals surface area contributed by atoms with E-state index in [0.717, 1.165) is 30.6 Å². The van der Waals surface area contributed by atoms with Crippen molar-refractivity contribution in [2.24, 2.45) is 0 Å². The van der Waals surface area contributed by atoms with Gasteiger partial charge in [0.15, 0.2) is 0 Å². The number of allylic oxidation sites excluding steroid dienone is 1. The molecular formula is C15H20O3. The second kappa shape index (κ2) is 8.34. The van der Waals surface area contributed by atoms with Gasteiger partial charge in [-0.05, 0) is 32.3 Å². The topological polar surface area (TPSA) is 46.5 Å². The number of carbonyl (C=O) groups is 1. The third-order valence-corrected chi connectivity index (χ3v) is 2.56. The van der Waals surface area contributed by atoms with E-state index in [1.54, 1.807) is 0 Å². The number of hydrogen-bond donors (Lipinski definition) is 1. The Hall–Kier alpha value is -1.77. The molecule has 0 unspecified atom stereocenters. The molecule has 0 aliphatic carbocycles. The molecule has 1 aromatic rings. The highest BCUT2D eigenvalue weighted by molar-refractivity contribution is 5.66. The zero-order chi connectivity index (χ0) is 13.2. The van der Waals surface area contributed by atoms with Crippen molar-refractivity contribution in [3.63, 3.8) is 0 Å². The molecule has 0 aliphatic heterocycles. The minimum Gasteiger partial charge on any atom is -0.493 e. The van der Waals surface area contributed by atoms with E-state index in [4.69, 9.17) is 9.84 Å². The Morgan fingerprint density at radius 3 is 2.78 bits per heavy atom. The molecule has 0 saturated heterocycles. The maximum Gasteiger partial charge on any atom is 0.303 e. The van der Waals surface area contributed by atoms with Gasteiger partial charge in [0, 0.05) is 12.0 Å². The van der Waals surface area contributed by atoms with Gasteiger partial charge in [-0.1, -0.05) is 30.4 Å². The van der Waals surface area contributed by atoms with Crippen molar-refractivity contribution in [1.82, 2.24) is 0 Å². The molecule has 0 saturated carbocycles. The second-order valence-electron chi connectivity index (χ2n) is 4.09. The zero-order valence-electron chi connectivity index (χ0n) is 10.8. The summed E-state index contributed by atoms with van der Waals surface area (Å²) in [5.74, 6) is 0.156. The molecule has 1 N–H and O–H groups in total. The number of ether oxygens (including phenoxy) is 1. The van der Waals surface area contributed by atoms with Crippen molar-refractivity contribution in [3.8, 4) is 5.75 Å². The summed E-state index contributed by atoms with van der Waals surface area (Å²) in [6.07, 6.45) is 6.73. The lowest BCUT2D eigenvalue weighted by Crippen LogP contribution is -2.00. The Balaban J connectivity index is 2.28. The molecule has 0 bridgehead atoms. The Kier molecular flexibility index (Phi) is 6.62. The van der Waals surface area contributed by atoms with Gasteiger partial charge in [0.25, 0.3) is 0 Å². The molecule has 1 aromatic carbocycles. The van der Waals surface area contributed by atoms with E-state index < -0.39 is 5.97 Å². The van der Waals surface area contributed by atoms with E-state index in [1.807, 2.05) is 43.3 Å². The van der Waals surface area contributed by atoms with Crippen LogP contribution in [0.4, 0.5) is 0 Å².